The lowest BCUT2D eigenvalue weighted by atomic mass is 9.76. The van der Waals surface area contributed by atoms with E-state index >= 15 is 0 Å². The Hall–Kier alpha value is -2.83. The maximum atomic E-state index is 13.0. The Morgan fingerprint density at radius 2 is 1.97 bits per heavy atom. The third kappa shape index (κ3) is 8.02. The van der Waals surface area contributed by atoms with Gasteiger partial charge < -0.3 is 25.6 Å². The van der Waals surface area contributed by atoms with Gasteiger partial charge in [0.1, 0.15) is 11.6 Å². The molecule has 1 fully saturated rings. The third-order valence-electron chi connectivity index (χ3n) is 5.29. The molecule has 9 heteroatoms. The van der Waals surface area contributed by atoms with Crippen LogP contribution in [0.2, 0.25) is 0 Å². The Morgan fingerprint density at radius 1 is 1.28 bits per heavy atom. The summed E-state index contributed by atoms with van der Waals surface area (Å²) in [5.74, 6) is -1.19. The van der Waals surface area contributed by atoms with Crippen molar-refractivity contribution in [3.8, 4) is 6.07 Å². The maximum Gasteiger partial charge on any atom is 0.475 e. The molecule has 1 unspecified atom stereocenters. The highest BCUT2D eigenvalue weighted by atomic mass is 16.4. The first-order valence-corrected chi connectivity index (χ1v) is 11.0. The van der Waals surface area contributed by atoms with Gasteiger partial charge in [-0.3, -0.25) is 4.79 Å². The van der Waals surface area contributed by atoms with E-state index in [1.807, 2.05) is 57.2 Å². The third-order valence-corrected chi connectivity index (χ3v) is 5.29. The van der Waals surface area contributed by atoms with Crippen LogP contribution >= 0.6 is 0 Å². The minimum Gasteiger partial charge on any atom is -0.426 e. The summed E-state index contributed by atoms with van der Waals surface area (Å²) in [4.78, 5) is 27.1. The monoisotopic (exact) mass is 440 g/mol. The van der Waals surface area contributed by atoms with Crippen LogP contribution in [0.15, 0.2) is 42.0 Å². The first kappa shape index (κ1) is 25.4. The SMILES string of the molecule is CC(C)(C)C=C(C#N)C(=O)N1CCCC[C@H]1CNC(=O)NC(Cc1ccccc1)B(O)O. The summed E-state index contributed by atoms with van der Waals surface area (Å²) in [6.45, 7) is 6.53. The van der Waals surface area contributed by atoms with Crippen molar-refractivity contribution in [1.29, 1.82) is 5.26 Å². The second-order valence-corrected chi connectivity index (χ2v) is 9.25. The van der Waals surface area contributed by atoms with Crippen LogP contribution in [-0.2, 0) is 11.2 Å². The lowest BCUT2D eigenvalue weighted by Crippen LogP contribution is -2.54. The average molecular weight is 440 g/mol. The fourth-order valence-electron chi connectivity index (χ4n) is 3.74. The first-order chi connectivity index (χ1) is 15.1. The number of likely N-dealkylation sites (tertiary alicyclic amines) is 1. The van der Waals surface area contributed by atoms with Crippen LogP contribution in [0.4, 0.5) is 4.79 Å². The standard InChI is InChI=1S/C23H33BN4O4/c1-23(2,3)14-18(15-25)21(29)28-12-8-7-11-19(28)16-26-22(30)27-20(24(31)32)13-17-9-5-4-6-10-17/h4-6,9-10,14,19-20,31-32H,7-8,11-13,16H2,1-3H3,(H2,26,27,30)/t19-,20?/m0/s1. The van der Waals surface area contributed by atoms with Crippen LogP contribution < -0.4 is 10.6 Å². The van der Waals surface area contributed by atoms with E-state index in [4.69, 9.17) is 0 Å². The van der Waals surface area contributed by atoms with E-state index in [2.05, 4.69) is 10.6 Å². The van der Waals surface area contributed by atoms with E-state index in [-0.39, 0.29) is 35.9 Å². The Balaban J connectivity index is 1.99. The largest absolute Gasteiger partial charge is 0.475 e. The quantitative estimate of drug-likeness (QED) is 0.292. The molecule has 1 heterocycles. The second kappa shape index (κ2) is 11.7. The molecule has 0 radical (unpaired) electrons. The molecule has 8 nitrogen and oxygen atoms in total. The molecule has 172 valence electrons. The number of amides is 3. The van der Waals surface area contributed by atoms with Crippen LogP contribution in [0.1, 0.15) is 45.6 Å². The molecular weight excluding hydrogens is 407 g/mol. The minimum absolute atomic E-state index is 0.111. The summed E-state index contributed by atoms with van der Waals surface area (Å²) < 4.78 is 0. The maximum absolute atomic E-state index is 13.0. The number of nitrogens with one attached hydrogen (secondary N) is 2. The molecule has 3 amide bonds. The highest BCUT2D eigenvalue weighted by Crippen LogP contribution is 2.22. The number of piperidine rings is 1. The molecule has 1 aromatic carbocycles. The number of hydrogen-bond donors (Lipinski definition) is 4. The molecule has 2 rings (SSSR count). The molecular formula is C23H33BN4O4. The number of allylic oxidation sites excluding steroid dienone is 1. The van der Waals surface area contributed by atoms with Gasteiger partial charge in [0.05, 0.1) is 5.94 Å². The summed E-state index contributed by atoms with van der Waals surface area (Å²) in [7, 11) is -1.71. The number of hydrogen-bond acceptors (Lipinski definition) is 5. The number of carbonyl (C=O) groups is 2. The van der Waals surface area contributed by atoms with Gasteiger partial charge in [0.25, 0.3) is 5.91 Å². The molecule has 0 aliphatic carbocycles. The number of nitriles is 1. The smallest absolute Gasteiger partial charge is 0.426 e. The highest BCUT2D eigenvalue weighted by molar-refractivity contribution is 6.43. The van der Waals surface area contributed by atoms with Crippen molar-refractivity contribution in [3.63, 3.8) is 0 Å². The summed E-state index contributed by atoms with van der Waals surface area (Å²) in [5.41, 5.74) is 0.674. The lowest BCUT2D eigenvalue weighted by molar-refractivity contribution is -0.130. The van der Waals surface area contributed by atoms with Gasteiger partial charge >= 0.3 is 13.1 Å². The van der Waals surface area contributed by atoms with E-state index in [0.29, 0.717) is 6.54 Å². The minimum atomic E-state index is -1.71. The zero-order valence-electron chi connectivity index (χ0n) is 19.0. The number of rotatable bonds is 7. The van der Waals surface area contributed by atoms with E-state index in [9.17, 15) is 24.9 Å². The number of benzene rings is 1. The van der Waals surface area contributed by atoms with Crippen LogP contribution in [0.25, 0.3) is 0 Å². The summed E-state index contributed by atoms with van der Waals surface area (Å²) in [6, 6.07) is 10.5. The van der Waals surface area contributed by atoms with Gasteiger partial charge in [-0.25, -0.2) is 4.79 Å². The predicted octanol–water partition coefficient (Wildman–Crippen LogP) is 1.79. The molecule has 4 N–H and O–H groups in total. The second-order valence-electron chi connectivity index (χ2n) is 9.25. The molecule has 0 spiro atoms. The van der Waals surface area contributed by atoms with Crippen molar-refractivity contribution in [2.75, 3.05) is 13.1 Å². The lowest BCUT2D eigenvalue weighted by Gasteiger charge is -2.36. The van der Waals surface area contributed by atoms with Crippen molar-refractivity contribution < 1.29 is 19.6 Å². The van der Waals surface area contributed by atoms with Gasteiger partial charge in [0.2, 0.25) is 0 Å². The number of carbonyl (C=O) groups excluding carboxylic acids is 2. The van der Waals surface area contributed by atoms with E-state index in [0.717, 1.165) is 24.8 Å². The van der Waals surface area contributed by atoms with Crippen molar-refractivity contribution in [2.24, 2.45) is 5.41 Å². The normalized spacial score (nSPS) is 17.8. The molecule has 1 saturated heterocycles. The van der Waals surface area contributed by atoms with Gasteiger partial charge in [-0.15, -0.1) is 0 Å². The fourth-order valence-corrected chi connectivity index (χ4v) is 3.74. The molecule has 1 aliphatic heterocycles. The summed E-state index contributed by atoms with van der Waals surface area (Å²) in [6.07, 6.45) is 4.44. The molecule has 1 aromatic rings. The van der Waals surface area contributed by atoms with Crippen molar-refractivity contribution in [1.82, 2.24) is 15.5 Å². The van der Waals surface area contributed by atoms with Crippen molar-refractivity contribution >= 4 is 19.1 Å². The molecule has 0 bridgehead atoms. The Kier molecular flexibility index (Phi) is 9.30. The molecule has 0 aromatic heterocycles. The van der Waals surface area contributed by atoms with Crippen LogP contribution in [0, 0.1) is 16.7 Å². The van der Waals surface area contributed by atoms with Gasteiger partial charge in [0.15, 0.2) is 0 Å². The molecule has 1 aliphatic rings. The average Bonchev–Trinajstić information content (AvgIpc) is 2.75. The Morgan fingerprint density at radius 3 is 2.56 bits per heavy atom. The predicted molar refractivity (Wildman–Crippen MR) is 123 cm³/mol. The van der Waals surface area contributed by atoms with Crippen molar-refractivity contribution in [3.05, 3.63) is 47.5 Å². The van der Waals surface area contributed by atoms with Gasteiger partial charge in [-0.05, 0) is 36.7 Å². The molecule has 32 heavy (non-hydrogen) atoms. The zero-order chi connectivity index (χ0) is 23.7. The van der Waals surface area contributed by atoms with E-state index < -0.39 is 19.1 Å². The molecule has 0 saturated carbocycles. The topological polar surface area (TPSA) is 126 Å². The number of nitrogens with zero attached hydrogens (tertiary/aromatic N) is 2. The van der Waals surface area contributed by atoms with Crippen molar-refractivity contribution in [2.45, 2.75) is 58.4 Å². The van der Waals surface area contributed by atoms with E-state index in [1.165, 1.54) is 0 Å². The number of urea groups is 1. The van der Waals surface area contributed by atoms with Crippen LogP contribution in [-0.4, -0.2) is 59.1 Å². The Labute approximate surface area is 190 Å². The summed E-state index contributed by atoms with van der Waals surface area (Å²) >= 11 is 0. The van der Waals surface area contributed by atoms with Gasteiger partial charge in [-0.1, -0.05) is 57.2 Å². The summed E-state index contributed by atoms with van der Waals surface area (Å²) in [5, 5.41) is 34.1. The fraction of sp³-hybridized carbons (Fsp3) is 0.522. The van der Waals surface area contributed by atoms with Gasteiger partial charge in [0, 0.05) is 19.1 Å². The zero-order valence-corrected chi connectivity index (χ0v) is 19.0. The first-order valence-electron chi connectivity index (χ1n) is 11.0. The molecule has 2 atom stereocenters. The Bertz CT molecular complexity index is 846. The highest BCUT2D eigenvalue weighted by Gasteiger charge is 2.31. The van der Waals surface area contributed by atoms with Crippen LogP contribution in [0.3, 0.4) is 0 Å². The van der Waals surface area contributed by atoms with Gasteiger partial charge in [-0.2, -0.15) is 5.26 Å². The van der Waals surface area contributed by atoms with Crippen LogP contribution in [0.5, 0.6) is 0 Å². The van der Waals surface area contributed by atoms with E-state index in [1.54, 1.807) is 11.0 Å².